The SMILES string of the molecule is CN(C)C(=N)CC1=C(C(=O)S)N2C(=O)C[C@H]2S1. The Hall–Kier alpha value is -0.950. The lowest BCUT2D eigenvalue weighted by Crippen LogP contribution is -2.48. The number of hydrogen-bond acceptors (Lipinski definition) is 4. The maximum Gasteiger partial charge on any atom is 0.233 e. The predicted octanol–water partition coefficient (Wildman–Crippen LogP) is 0.889. The predicted molar refractivity (Wildman–Crippen MR) is 69.9 cm³/mol. The first kappa shape index (κ1) is 12.5. The number of amidine groups is 1. The summed E-state index contributed by atoms with van der Waals surface area (Å²) in [5.74, 6) is 0.376. The van der Waals surface area contributed by atoms with Crippen LogP contribution in [0.5, 0.6) is 0 Å². The molecule has 2 rings (SSSR count). The maximum absolute atomic E-state index is 11.5. The van der Waals surface area contributed by atoms with Crippen molar-refractivity contribution in [2.45, 2.75) is 18.2 Å². The molecule has 0 unspecified atom stereocenters. The van der Waals surface area contributed by atoms with E-state index in [1.165, 1.54) is 16.7 Å². The van der Waals surface area contributed by atoms with Gasteiger partial charge in [-0.25, -0.2) is 0 Å². The summed E-state index contributed by atoms with van der Waals surface area (Å²) in [5.41, 5.74) is 0.367. The summed E-state index contributed by atoms with van der Waals surface area (Å²) in [6.45, 7) is 0. The fourth-order valence-corrected chi connectivity index (χ4v) is 3.49. The number of fused-ring (bicyclic) bond motifs is 1. The minimum Gasteiger partial charge on any atom is -0.366 e. The van der Waals surface area contributed by atoms with E-state index in [9.17, 15) is 9.59 Å². The van der Waals surface area contributed by atoms with E-state index < -0.39 is 5.12 Å². The molecule has 7 heteroatoms. The highest BCUT2D eigenvalue weighted by atomic mass is 32.2. The van der Waals surface area contributed by atoms with Gasteiger partial charge in [0.05, 0.1) is 11.8 Å². The van der Waals surface area contributed by atoms with Crippen molar-refractivity contribution >= 4 is 41.2 Å². The van der Waals surface area contributed by atoms with E-state index in [1.807, 2.05) is 0 Å². The summed E-state index contributed by atoms with van der Waals surface area (Å²) in [6, 6.07) is 0. The van der Waals surface area contributed by atoms with Gasteiger partial charge >= 0.3 is 0 Å². The summed E-state index contributed by atoms with van der Waals surface area (Å²) in [6.07, 6.45) is 0.841. The highest BCUT2D eigenvalue weighted by molar-refractivity contribution is 8.04. The molecule has 2 heterocycles. The van der Waals surface area contributed by atoms with E-state index in [-0.39, 0.29) is 11.3 Å². The van der Waals surface area contributed by atoms with E-state index >= 15 is 0 Å². The second kappa shape index (κ2) is 4.38. The van der Waals surface area contributed by atoms with Gasteiger partial charge < -0.3 is 4.90 Å². The quantitative estimate of drug-likeness (QED) is 0.346. The Morgan fingerprint density at radius 1 is 1.65 bits per heavy atom. The molecule has 2 aliphatic rings. The van der Waals surface area contributed by atoms with Crippen LogP contribution in [0.4, 0.5) is 0 Å². The summed E-state index contributed by atoms with van der Waals surface area (Å²) in [7, 11) is 3.56. The number of amides is 1. The van der Waals surface area contributed by atoms with Gasteiger partial charge in [-0.05, 0) is 0 Å². The van der Waals surface area contributed by atoms with Crippen molar-refractivity contribution in [2.75, 3.05) is 14.1 Å². The monoisotopic (exact) mass is 271 g/mol. The Balaban J connectivity index is 2.23. The van der Waals surface area contributed by atoms with Gasteiger partial charge in [0.15, 0.2) is 0 Å². The first-order valence-electron chi connectivity index (χ1n) is 5.11. The first-order chi connectivity index (χ1) is 7.91. The van der Waals surface area contributed by atoms with Crippen molar-refractivity contribution < 1.29 is 9.59 Å². The molecule has 1 saturated heterocycles. The molecule has 1 N–H and O–H groups in total. The molecule has 92 valence electrons. The average molecular weight is 271 g/mol. The van der Waals surface area contributed by atoms with Gasteiger partial charge in [-0.15, -0.1) is 11.8 Å². The van der Waals surface area contributed by atoms with Crippen LogP contribution in [0.2, 0.25) is 0 Å². The van der Waals surface area contributed by atoms with Crippen LogP contribution in [0.25, 0.3) is 0 Å². The van der Waals surface area contributed by atoms with Crippen LogP contribution in [-0.4, -0.2) is 46.1 Å². The van der Waals surface area contributed by atoms with Crippen LogP contribution < -0.4 is 0 Å². The third kappa shape index (κ3) is 2.09. The standard InChI is InChI=1S/C10H13N3O2S2/c1-12(2)6(11)3-5-9(10(15)16)13-7(14)4-8(13)17-5/h8,11H,3-4H2,1-2H3,(H,15,16)/t8-/m1/s1. The Morgan fingerprint density at radius 3 is 2.76 bits per heavy atom. The number of hydrogen-bond donors (Lipinski definition) is 2. The molecule has 1 atom stereocenters. The number of carbonyl (C=O) groups excluding carboxylic acids is 2. The topological polar surface area (TPSA) is 64.5 Å². The van der Waals surface area contributed by atoms with Gasteiger partial charge in [-0.2, -0.15) is 0 Å². The molecule has 0 aromatic rings. The van der Waals surface area contributed by atoms with Crippen LogP contribution in [-0.2, 0) is 9.59 Å². The van der Waals surface area contributed by atoms with Gasteiger partial charge in [0, 0.05) is 25.4 Å². The number of thioether (sulfide) groups is 1. The Labute approximate surface area is 109 Å². The summed E-state index contributed by atoms with van der Waals surface area (Å²) >= 11 is 5.31. The van der Waals surface area contributed by atoms with Gasteiger partial charge in [0.1, 0.15) is 11.5 Å². The van der Waals surface area contributed by atoms with Crippen LogP contribution in [0, 0.1) is 5.41 Å². The van der Waals surface area contributed by atoms with E-state index in [0.717, 1.165) is 4.91 Å². The number of nitrogens with one attached hydrogen (secondary N) is 1. The first-order valence-corrected chi connectivity index (χ1v) is 6.44. The largest absolute Gasteiger partial charge is 0.366 e. The van der Waals surface area contributed by atoms with E-state index in [4.69, 9.17) is 5.41 Å². The fraction of sp³-hybridized carbons (Fsp3) is 0.500. The molecule has 0 radical (unpaired) electrons. The molecule has 0 bridgehead atoms. The second-order valence-electron chi connectivity index (χ2n) is 4.14. The molecule has 1 amide bonds. The Kier molecular flexibility index (Phi) is 3.22. The normalized spacial score (nSPS) is 22.4. The van der Waals surface area contributed by atoms with Crippen molar-refractivity contribution in [1.82, 2.24) is 9.80 Å². The van der Waals surface area contributed by atoms with Crippen molar-refractivity contribution in [2.24, 2.45) is 0 Å². The molecule has 0 aromatic heterocycles. The summed E-state index contributed by atoms with van der Waals surface area (Å²) in [4.78, 5) is 26.8. The number of nitrogens with zero attached hydrogens (tertiary/aromatic N) is 2. The number of carbonyl (C=O) groups is 2. The molecule has 17 heavy (non-hydrogen) atoms. The number of β-lactam (4-membered cyclic amide) rings is 1. The Bertz CT molecular complexity index is 445. The van der Waals surface area contributed by atoms with Crippen molar-refractivity contribution in [1.29, 1.82) is 5.41 Å². The summed E-state index contributed by atoms with van der Waals surface area (Å²) in [5, 5.41) is 7.43. The molecular weight excluding hydrogens is 258 g/mol. The van der Waals surface area contributed by atoms with Crippen molar-refractivity contribution in [3.63, 3.8) is 0 Å². The Morgan fingerprint density at radius 2 is 2.29 bits per heavy atom. The third-order valence-electron chi connectivity index (χ3n) is 2.76. The zero-order chi connectivity index (χ0) is 12.7. The lowest BCUT2D eigenvalue weighted by atomic mass is 10.1. The van der Waals surface area contributed by atoms with E-state index in [2.05, 4.69) is 12.6 Å². The third-order valence-corrected chi connectivity index (χ3v) is 4.24. The fourth-order valence-electron chi connectivity index (χ4n) is 1.76. The molecule has 0 spiro atoms. The van der Waals surface area contributed by atoms with Crippen molar-refractivity contribution in [3.8, 4) is 0 Å². The lowest BCUT2D eigenvalue weighted by Gasteiger charge is -2.34. The zero-order valence-electron chi connectivity index (χ0n) is 9.56. The van der Waals surface area contributed by atoms with E-state index in [0.29, 0.717) is 24.4 Å². The van der Waals surface area contributed by atoms with Gasteiger partial charge in [-0.3, -0.25) is 19.9 Å². The number of thiol groups is 1. The summed E-state index contributed by atoms with van der Waals surface area (Å²) < 4.78 is 0. The van der Waals surface area contributed by atoms with Crippen LogP contribution >= 0.6 is 24.4 Å². The smallest absolute Gasteiger partial charge is 0.233 e. The molecule has 2 aliphatic heterocycles. The van der Waals surface area contributed by atoms with Crippen LogP contribution in [0.3, 0.4) is 0 Å². The van der Waals surface area contributed by atoms with E-state index in [1.54, 1.807) is 19.0 Å². The highest BCUT2D eigenvalue weighted by Gasteiger charge is 2.47. The minimum atomic E-state index is -0.394. The van der Waals surface area contributed by atoms with Gasteiger partial charge in [-0.1, -0.05) is 12.6 Å². The van der Waals surface area contributed by atoms with Crippen LogP contribution in [0.15, 0.2) is 10.6 Å². The lowest BCUT2D eigenvalue weighted by molar-refractivity contribution is -0.139. The molecule has 0 aliphatic carbocycles. The van der Waals surface area contributed by atoms with Gasteiger partial charge in [0.2, 0.25) is 11.0 Å². The minimum absolute atomic E-state index is 0.0358. The molecule has 5 nitrogen and oxygen atoms in total. The average Bonchev–Trinajstić information content (AvgIpc) is 2.51. The number of rotatable bonds is 3. The zero-order valence-corrected chi connectivity index (χ0v) is 11.3. The molecular formula is C10H13N3O2S2. The molecule has 0 saturated carbocycles. The van der Waals surface area contributed by atoms with Gasteiger partial charge in [0.25, 0.3) is 0 Å². The van der Waals surface area contributed by atoms with Crippen LogP contribution in [0.1, 0.15) is 12.8 Å². The van der Waals surface area contributed by atoms with Crippen molar-refractivity contribution in [3.05, 3.63) is 10.6 Å². The highest BCUT2D eigenvalue weighted by Crippen LogP contribution is 2.47. The second-order valence-corrected chi connectivity index (χ2v) is 5.81. The molecule has 1 fully saturated rings. The molecule has 0 aromatic carbocycles. The maximum atomic E-state index is 11.5.